The van der Waals surface area contributed by atoms with E-state index < -0.39 is 0 Å². The van der Waals surface area contributed by atoms with Crippen LogP contribution in [0, 0.1) is 19.8 Å². The Balaban J connectivity index is 0.00000420. The van der Waals surface area contributed by atoms with Crippen LogP contribution >= 0.6 is 24.0 Å². The van der Waals surface area contributed by atoms with Crippen molar-refractivity contribution in [2.45, 2.75) is 72.3 Å². The van der Waals surface area contributed by atoms with Crippen molar-refractivity contribution >= 4 is 35.8 Å². The third kappa shape index (κ3) is 8.14. The lowest BCUT2D eigenvalue weighted by atomic mass is 9.89. The summed E-state index contributed by atoms with van der Waals surface area (Å²) in [5.74, 6) is 1.19. The van der Waals surface area contributed by atoms with E-state index in [0.717, 1.165) is 37.5 Å². The summed E-state index contributed by atoms with van der Waals surface area (Å²) in [6.45, 7) is 10.3. The Kier molecular flexibility index (Phi) is 11.6. The molecule has 29 heavy (non-hydrogen) atoms. The second kappa shape index (κ2) is 13.1. The van der Waals surface area contributed by atoms with E-state index in [1.165, 1.54) is 30.5 Å². The third-order valence-electron chi connectivity index (χ3n) is 5.55. The molecule has 1 unspecified atom stereocenters. The highest BCUT2D eigenvalue weighted by atomic mass is 127. The van der Waals surface area contributed by atoms with Crippen LogP contribution in [0.25, 0.3) is 0 Å². The van der Waals surface area contributed by atoms with E-state index in [-0.39, 0.29) is 41.8 Å². The van der Waals surface area contributed by atoms with Gasteiger partial charge >= 0.3 is 0 Å². The number of aliphatic imine (C=N–C) groups is 1. The summed E-state index contributed by atoms with van der Waals surface area (Å²) in [5.41, 5.74) is 3.58. The van der Waals surface area contributed by atoms with Gasteiger partial charge in [0.1, 0.15) is 0 Å². The quantitative estimate of drug-likeness (QED) is 0.214. The topological polar surface area (TPSA) is 83.3 Å². The van der Waals surface area contributed by atoms with Gasteiger partial charge in [0, 0.05) is 37.8 Å². The average molecular weight is 518 g/mol. The fourth-order valence-corrected chi connectivity index (χ4v) is 3.88. The zero-order chi connectivity index (χ0) is 20.5. The van der Waals surface area contributed by atoms with Crippen molar-refractivity contribution < 1.29 is 4.79 Å². The molecule has 1 aliphatic carbocycles. The van der Waals surface area contributed by atoms with Crippen LogP contribution in [0.3, 0.4) is 0 Å². The molecule has 2 rings (SSSR count). The maximum Gasteiger partial charge on any atom is 0.223 e. The zero-order valence-corrected chi connectivity index (χ0v) is 21.0. The predicted molar refractivity (Wildman–Crippen MR) is 130 cm³/mol. The number of carbonyl (C=O) groups excluding carboxylic acids is 1. The Labute approximate surface area is 192 Å². The summed E-state index contributed by atoms with van der Waals surface area (Å²) in [6.07, 6.45) is 6.58. The second-order valence-corrected chi connectivity index (χ2v) is 7.91. The van der Waals surface area contributed by atoms with Crippen LogP contribution in [0.15, 0.2) is 4.99 Å². The number of nitrogens with zero attached hydrogens (tertiary/aromatic N) is 3. The summed E-state index contributed by atoms with van der Waals surface area (Å²) in [7, 11) is 1.98. The minimum absolute atomic E-state index is 0. The monoisotopic (exact) mass is 518 g/mol. The molecule has 1 saturated carbocycles. The van der Waals surface area contributed by atoms with Gasteiger partial charge in [0.15, 0.2) is 5.96 Å². The maximum absolute atomic E-state index is 12.2. The number of nitrogens with one attached hydrogen (secondary N) is 3. The van der Waals surface area contributed by atoms with Crippen molar-refractivity contribution in [3.8, 4) is 0 Å². The van der Waals surface area contributed by atoms with Crippen LogP contribution in [0.5, 0.6) is 0 Å². The van der Waals surface area contributed by atoms with Crippen LogP contribution in [-0.4, -0.2) is 47.3 Å². The maximum atomic E-state index is 12.2. The SMILES string of the molecule is CCNC(=NCCNC(=O)C1CCCCC1)NC(C)Cc1c(C)nn(C)c1C.I. The number of hydrogen-bond donors (Lipinski definition) is 3. The molecule has 0 aliphatic heterocycles. The van der Waals surface area contributed by atoms with Gasteiger partial charge in [-0.15, -0.1) is 24.0 Å². The van der Waals surface area contributed by atoms with Gasteiger partial charge in [0.05, 0.1) is 12.2 Å². The zero-order valence-electron chi connectivity index (χ0n) is 18.7. The molecule has 3 N–H and O–H groups in total. The van der Waals surface area contributed by atoms with E-state index in [4.69, 9.17) is 0 Å². The Bertz CT molecular complexity index is 666. The van der Waals surface area contributed by atoms with E-state index in [1.54, 1.807) is 0 Å². The number of aromatic nitrogens is 2. The molecule has 1 amide bonds. The summed E-state index contributed by atoms with van der Waals surface area (Å²) >= 11 is 0. The number of aryl methyl sites for hydroxylation is 2. The fraction of sp³-hybridized carbons (Fsp3) is 0.762. The van der Waals surface area contributed by atoms with E-state index in [0.29, 0.717) is 13.1 Å². The van der Waals surface area contributed by atoms with Crippen molar-refractivity contribution in [1.82, 2.24) is 25.7 Å². The molecule has 7 nitrogen and oxygen atoms in total. The molecule has 0 saturated heterocycles. The molecule has 1 fully saturated rings. The molecule has 166 valence electrons. The normalized spacial score (nSPS) is 16.1. The molecular weight excluding hydrogens is 479 g/mol. The number of rotatable bonds is 8. The first kappa shape index (κ1) is 25.7. The molecule has 1 heterocycles. The molecule has 1 aromatic heterocycles. The molecular formula is C21H39IN6O. The smallest absolute Gasteiger partial charge is 0.223 e. The number of halogens is 1. The van der Waals surface area contributed by atoms with Gasteiger partial charge in [-0.25, -0.2) is 0 Å². The lowest BCUT2D eigenvalue weighted by Crippen LogP contribution is -2.43. The highest BCUT2D eigenvalue weighted by molar-refractivity contribution is 14.0. The number of amides is 1. The molecule has 0 aromatic carbocycles. The minimum atomic E-state index is 0. The third-order valence-corrected chi connectivity index (χ3v) is 5.55. The summed E-state index contributed by atoms with van der Waals surface area (Å²) < 4.78 is 1.94. The van der Waals surface area contributed by atoms with E-state index in [2.05, 4.69) is 53.7 Å². The van der Waals surface area contributed by atoms with Gasteiger partial charge in [-0.2, -0.15) is 5.10 Å². The predicted octanol–water partition coefficient (Wildman–Crippen LogP) is 2.84. The number of guanidine groups is 1. The minimum Gasteiger partial charge on any atom is -0.357 e. The highest BCUT2D eigenvalue weighted by Gasteiger charge is 2.20. The molecule has 1 atom stereocenters. The molecule has 1 aliphatic rings. The Hall–Kier alpha value is -1.32. The van der Waals surface area contributed by atoms with Crippen molar-refractivity contribution in [2.24, 2.45) is 18.0 Å². The first-order chi connectivity index (χ1) is 13.4. The molecule has 1 aromatic rings. The van der Waals surface area contributed by atoms with Crippen LogP contribution in [-0.2, 0) is 18.3 Å². The molecule has 8 heteroatoms. The van der Waals surface area contributed by atoms with Crippen LogP contribution in [0.1, 0.15) is 62.9 Å². The van der Waals surface area contributed by atoms with Gasteiger partial charge < -0.3 is 16.0 Å². The summed E-state index contributed by atoms with van der Waals surface area (Å²) in [5, 5.41) is 14.3. The highest BCUT2D eigenvalue weighted by Crippen LogP contribution is 2.23. The van der Waals surface area contributed by atoms with E-state index in [1.807, 2.05) is 11.7 Å². The molecule has 0 radical (unpaired) electrons. The standard InChI is InChI=1S/C21H38N6O.HI/c1-6-22-21(24-13-12-23-20(28)18-10-8-7-9-11-18)25-15(2)14-19-16(3)26-27(5)17(19)4;/h15,18H,6-14H2,1-5H3,(H,23,28)(H2,22,24,25);1H. The van der Waals surface area contributed by atoms with Crippen LogP contribution in [0.4, 0.5) is 0 Å². The second-order valence-electron chi connectivity index (χ2n) is 7.91. The van der Waals surface area contributed by atoms with E-state index in [9.17, 15) is 4.79 Å². The Morgan fingerprint density at radius 3 is 2.52 bits per heavy atom. The van der Waals surface area contributed by atoms with Crippen molar-refractivity contribution in [3.63, 3.8) is 0 Å². The van der Waals surface area contributed by atoms with Crippen LogP contribution in [0.2, 0.25) is 0 Å². The Morgan fingerprint density at radius 1 is 1.24 bits per heavy atom. The van der Waals surface area contributed by atoms with Crippen molar-refractivity contribution in [3.05, 3.63) is 17.0 Å². The molecule has 0 spiro atoms. The van der Waals surface area contributed by atoms with Crippen LogP contribution < -0.4 is 16.0 Å². The average Bonchev–Trinajstić information content (AvgIpc) is 2.91. The number of carbonyl (C=O) groups is 1. The fourth-order valence-electron chi connectivity index (χ4n) is 3.88. The first-order valence-electron chi connectivity index (χ1n) is 10.7. The van der Waals surface area contributed by atoms with Gasteiger partial charge in [-0.1, -0.05) is 19.3 Å². The van der Waals surface area contributed by atoms with Gasteiger partial charge in [-0.3, -0.25) is 14.5 Å². The molecule has 0 bridgehead atoms. The first-order valence-corrected chi connectivity index (χ1v) is 10.7. The Morgan fingerprint density at radius 2 is 1.93 bits per heavy atom. The number of hydrogen-bond acceptors (Lipinski definition) is 3. The lowest BCUT2D eigenvalue weighted by Gasteiger charge is -2.20. The van der Waals surface area contributed by atoms with Crippen molar-refractivity contribution in [1.29, 1.82) is 0 Å². The summed E-state index contributed by atoms with van der Waals surface area (Å²) in [4.78, 5) is 16.8. The van der Waals surface area contributed by atoms with E-state index >= 15 is 0 Å². The lowest BCUT2D eigenvalue weighted by molar-refractivity contribution is -0.125. The van der Waals surface area contributed by atoms with Gasteiger partial charge in [0.25, 0.3) is 0 Å². The van der Waals surface area contributed by atoms with Gasteiger partial charge in [-0.05, 0) is 52.5 Å². The summed E-state index contributed by atoms with van der Waals surface area (Å²) in [6, 6.07) is 0.233. The van der Waals surface area contributed by atoms with Crippen molar-refractivity contribution in [2.75, 3.05) is 19.6 Å². The largest absolute Gasteiger partial charge is 0.357 e. The van der Waals surface area contributed by atoms with Gasteiger partial charge in [0.2, 0.25) is 5.91 Å².